The van der Waals surface area contributed by atoms with E-state index in [9.17, 15) is 14.7 Å². The predicted octanol–water partition coefficient (Wildman–Crippen LogP) is 1.44. The summed E-state index contributed by atoms with van der Waals surface area (Å²) in [6.07, 6.45) is 2.63. The van der Waals surface area contributed by atoms with E-state index in [0.717, 1.165) is 0 Å². The topological polar surface area (TPSA) is 63.6 Å². The Balaban J connectivity index is 2.57. The van der Waals surface area contributed by atoms with E-state index in [1.165, 1.54) is 0 Å². The molecule has 0 radical (unpaired) electrons. The minimum absolute atomic E-state index is 0.0248. The van der Waals surface area contributed by atoms with E-state index in [-0.39, 0.29) is 30.6 Å². The summed E-state index contributed by atoms with van der Waals surface area (Å²) in [4.78, 5) is 22.6. The van der Waals surface area contributed by atoms with Gasteiger partial charge >= 0.3 is 5.97 Å². The number of allylic oxidation sites excluding steroid dienone is 1. The van der Waals surface area contributed by atoms with Gasteiger partial charge in [-0.15, -0.1) is 11.6 Å². The van der Waals surface area contributed by atoms with E-state index in [2.05, 4.69) is 0 Å². The molecule has 0 saturated heterocycles. The summed E-state index contributed by atoms with van der Waals surface area (Å²) in [5.74, 6) is -0.911. The summed E-state index contributed by atoms with van der Waals surface area (Å²) in [6, 6.07) is 0. The van der Waals surface area contributed by atoms with Gasteiger partial charge in [-0.2, -0.15) is 0 Å². The number of hydrogen-bond acceptors (Lipinski definition) is 4. The number of hydrogen-bond donors (Lipinski definition) is 1. The van der Waals surface area contributed by atoms with E-state index in [1.807, 2.05) is 0 Å². The number of rotatable bonds is 4. The molecule has 0 saturated carbocycles. The van der Waals surface area contributed by atoms with Crippen molar-refractivity contribution >= 4 is 23.4 Å². The summed E-state index contributed by atoms with van der Waals surface area (Å²) >= 11 is 5.28. The lowest BCUT2D eigenvalue weighted by atomic mass is 9.79. The van der Waals surface area contributed by atoms with E-state index in [0.29, 0.717) is 12.0 Å². The second-order valence-corrected chi connectivity index (χ2v) is 5.00. The normalized spacial score (nSPS) is 21.1. The quantitative estimate of drug-likeness (QED) is 0.614. The van der Waals surface area contributed by atoms with Gasteiger partial charge < -0.3 is 9.84 Å². The summed E-state index contributed by atoms with van der Waals surface area (Å²) < 4.78 is 4.80. The molecule has 4 nitrogen and oxygen atoms in total. The second-order valence-electron chi connectivity index (χ2n) is 4.74. The number of ether oxygens (including phenoxy) is 1. The van der Waals surface area contributed by atoms with Crippen LogP contribution < -0.4 is 0 Å². The monoisotopic (exact) mass is 260 g/mol. The molecule has 1 unspecified atom stereocenters. The second kappa shape index (κ2) is 5.65. The molecule has 0 aromatic carbocycles. The Labute approximate surface area is 106 Å². The lowest BCUT2D eigenvalue weighted by Crippen LogP contribution is -2.35. The van der Waals surface area contributed by atoms with Crippen LogP contribution in [-0.2, 0) is 14.3 Å². The molecule has 0 aromatic heterocycles. The number of alkyl halides is 1. The smallest absolute Gasteiger partial charge is 0.321 e. The van der Waals surface area contributed by atoms with Gasteiger partial charge in [0.25, 0.3) is 0 Å². The molecule has 0 aliphatic heterocycles. The molecular formula is C12H17ClO4. The Morgan fingerprint density at radius 3 is 2.76 bits per heavy atom. The molecule has 1 aliphatic rings. The van der Waals surface area contributed by atoms with Crippen molar-refractivity contribution in [1.29, 1.82) is 0 Å². The molecule has 0 bridgehead atoms. The van der Waals surface area contributed by atoms with Crippen LogP contribution in [0.2, 0.25) is 0 Å². The highest BCUT2D eigenvalue weighted by molar-refractivity contribution is 6.26. The molecular weight excluding hydrogens is 244 g/mol. The first-order chi connectivity index (χ1) is 7.84. The van der Waals surface area contributed by atoms with Crippen LogP contribution >= 0.6 is 11.6 Å². The molecule has 17 heavy (non-hydrogen) atoms. The molecule has 96 valence electrons. The Bertz CT molecular complexity index is 341. The molecule has 1 aliphatic carbocycles. The van der Waals surface area contributed by atoms with Crippen LogP contribution in [0.25, 0.3) is 0 Å². The number of ketones is 1. The number of carbonyl (C=O) groups is 2. The van der Waals surface area contributed by atoms with Gasteiger partial charge in [0.1, 0.15) is 12.5 Å². The van der Waals surface area contributed by atoms with E-state index >= 15 is 0 Å². The minimum Gasteiger partial charge on any atom is -0.460 e. The van der Waals surface area contributed by atoms with Gasteiger partial charge in [-0.05, 0) is 26.2 Å². The Morgan fingerprint density at radius 1 is 1.65 bits per heavy atom. The molecule has 0 aromatic rings. The molecule has 0 amide bonds. The first kappa shape index (κ1) is 14.2. The van der Waals surface area contributed by atoms with Gasteiger partial charge in [0.15, 0.2) is 5.78 Å². The maximum absolute atomic E-state index is 11.7. The van der Waals surface area contributed by atoms with Gasteiger partial charge in [-0.3, -0.25) is 9.59 Å². The summed E-state index contributed by atoms with van der Waals surface area (Å²) in [7, 11) is 0. The highest BCUT2D eigenvalue weighted by Crippen LogP contribution is 2.29. The Morgan fingerprint density at radius 2 is 2.29 bits per heavy atom. The predicted molar refractivity (Wildman–Crippen MR) is 63.8 cm³/mol. The Hall–Kier alpha value is -0.870. The van der Waals surface area contributed by atoms with Gasteiger partial charge in [0.05, 0.1) is 5.60 Å². The average molecular weight is 261 g/mol. The first-order valence-corrected chi connectivity index (χ1v) is 6.04. The average Bonchev–Trinajstić information content (AvgIpc) is 2.25. The third-order valence-electron chi connectivity index (χ3n) is 2.94. The number of carbonyl (C=O) groups excluding carboxylic acids is 2. The lowest BCUT2D eigenvalue weighted by molar-refractivity contribution is -0.140. The first-order valence-electron chi connectivity index (χ1n) is 5.50. The molecule has 5 heteroatoms. The molecule has 1 N–H and O–H groups in total. The van der Waals surface area contributed by atoms with Crippen molar-refractivity contribution in [3.8, 4) is 0 Å². The van der Waals surface area contributed by atoms with Crippen LogP contribution in [-0.4, -0.2) is 34.9 Å². The lowest BCUT2D eigenvalue weighted by Gasteiger charge is -2.31. The highest BCUT2D eigenvalue weighted by atomic mass is 35.5. The van der Waals surface area contributed by atoms with Crippen LogP contribution in [0.1, 0.15) is 26.7 Å². The largest absolute Gasteiger partial charge is 0.460 e. The molecule has 0 heterocycles. The van der Waals surface area contributed by atoms with E-state index in [4.69, 9.17) is 16.3 Å². The van der Waals surface area contributed by atoms with E-state index in [1.54, 1.807) is 19.9 Å². The SMILES string of the molecule is CC(C)(O)C1CC=C(COC(=O)CCl)C(=O)C1. The standard InChI is InChI=1S/C12H17ClO4/c1-12(2,16)9-4-3-8(10(14)5-9)7-17-11(15)6-13/h3,9,16H,4-7H2,1-2H3. The Kier molecular flexibility index (Phi) is 4.71. The van der Waals surface area contributed by atoms with Crippen LogP contribution in [0.5, 0.6) is 0 Å². The van der Waals surface area contributed by atoms with Crippen molar-refractivity contribution in [3.63, 3.8) is 0 Å². The summed E-state index contributed by atoms with van der Waals surface area (Å²) in [5.41, 5.74) is -0.381. The number of halogens is 1. The fraction of sp³-hybridized carbons (Fsp3) is 0.667. The fourth-order valence-corrected chi connectivity index (χ4v) is 1.79. The third-order valence-corrected chi connectivity index (χ3v) is 3.15. The summed E-state index contributed by atoms with van der Waals surface area (Å²) in [5, 5.41) is 9.82. The van der Waals surface area contributed by atoms with Crippen molar-refractivity contribution in [3.05, 3.63) is 11.6 Å². The maximum atomic E-state index is 11.7. The molecule has 1 atom stereocenters. The highest BCUT2D eigenvalue weighted by Gasteiger charge is 2.32. The third kappa shape index (κ3) is 4.13. The zero-order valence-electron chi connectivity index (χ0n) is 10.0. The van der Waals surface area contributed by atoms with Crippen LogP contribution in [0.4, 0.5) is 0 Å². The van der Waals surface area contributed by atoms with Crippen LogP contribution in [0.3, 0.4) is 0 Å². The zero-order chi connectivity index (χ0) is 13.1. The van der Waals surface area contributed by atoms with Crippen LogP contribution in [0, 0.1) is 5.92 Å². The van der Waals surface area contributed by atoms with Gasteiger partial charge in [0.2, 0.25) is 0 Å². The number of aliphatic hydroxyl groups is 1. The summed E-state index contributed by atoms with van der Waals surface area (Å²) in [6.45, 7) is 3.36. The molecule has 0 spiro atoms. The maximum Gasteiger partial charge on any atom is 0.321 e. The van der Waals surface area contributed by atoms with Gasteiger partial charge in [0, 0.05) is 12.0 Å². The number of esters is 1. The zero-order valence-corrected chi connectivity index (χ0v) is 10.8. The molecule has 1 rings (SSSR count). The van der Waals surface area contributed by atoms with Crippen molar-refractivity contribution < 1.29 is 19.4 Å². The van der Waals surface area contributed by atoms with Crippen molar-refractivity contribution in [2.45, 2.75) is 32.3 Å². The minimum atomic E-state index is -0.871. The van der Waals surface area contributed by atoms with Gasteiger partial charge in [-0.25, -0.2) is 0 Å². The van der Waals surface area contributed by atoms with Crippen molar-refractivity contribution in [2.24, 2.45) is 5.92 Å². The van der Waals surface area contributed by atoms with Crippen LogP contribution in [0.15, 0.2) is 11.6 Å². The van der Waals surface area contributed by atoms with Gasteiger partial charge in [-0.1, -0.05) is 6.08 Å². The fourth-order valence-electron chi connectivity index (χ4n) is 1.71. The number of Topliss-reactive ketones (excluding diaryl/α,β-unsaturated/α-hetero) is 1. The van der Waals surface area contributed by atoms with Crippen molar-refractivity contribution in [2.75, 3.05) is 12.5 Å². The van der Waals surface area contributed by atoms with Crippen molar-refractivity contribution in [1.82, 2.24) is 0 Å². The van der Waals surface area contributed by atoms with E-state index < -0.39 is 11.6 Å². The molecule has 0 fully saturated rings.